The summed E-state index contributed by atoms with van der Waals surface area (Å²) in [4.78, 5) is 23.5. The van der Waals surface area contributed by atoms with Crippen LogP contribution in [0.25, 0.3) is 0 Å². The highest BCUT2D eigenvalue weighted by atomic mass is 16.2. The highest BCUT2D eigenvalue weighted by Gasteiger charge is 2.46. The minimum absolute atomic E-state index is 0.209. The zero-order chi connectivity index (χ0) is 14.2. The van der Waals surface area contributed by atoms with E-state index in [0.29, 0.717) is 0 Å². The number of nitrogens with zero attached hydrogens (tertiary/aromatic N) is 3. The lowest BCUT2D eigenvalue weighted by Gasteiger charge is -2.32. The molecule has 0 aromatic carbocycles. The molecule has 5 nitrogen and oxygen atoms in total. The molecular formula is C15H22N4O. The van der Waals surface area contributed by atoms with Gasteiger partial charge in [0, 0.05) is 31.5 Å². The van der Waals surface area contributed by atoms with Gasteiger partial charge in [-0.15, -0.1) is 0 Å². The maximum Gasteiger partial charge on any atom is 0.228 e. The summed E-state index contributed by atoms with van der Waals surface area (Å²) < 4.78 is 0. The van der Waals surface area contributed by atoms with Crippen molar-refractivity contribution in [3.63, 3.8) is 0 Å². The van der Waals surface area contributed by atoms with Gasteiger partial charge in [0.1, 0.15) is 0 Å². The maximum atomic E-state index is 12.2. The van der Waals surface area contributed by atoms with E-state index in [-0.39, 0.29) is 11.3 Å². The molecule has 0 unspecified atom stereocenters. The number of carbonyl (C=O) groups is 1. The van der Waals surface area contributed by atoms with Crippen molar-refractivity contribution >= 4 is 11.9 Å². The van der Waals surface area contributed by atoms with E-state index >= 15 is 0 Å². The molecule has 0 radical (unpaired) electrons. The van der Waals surface area contributed by atoms with Crippen LogP contribution in [0.15, 0.2) is 6.20 Å². The Labute approximate surface area is 119 Å². The molecule has 1 amide bonds. The summed E-state index contributed by atoms with van der Waals surface area (Å²) in [7, 11) is 0. The van der Waals surface area contributed by atoms with E-state index in [9.17, 15) is 4.79 Å². The fourth-order valence-electron chi connectivity index (χ4n) is 3.34. The van der Waals surface area contributed by atoms with Crippen LogP contribution in [0.1, 0.15) is 37.4 Å². The summed E-state index contributed by atoms with van der Waals surface area (Å²) in [5.74, 6) is 0.997. The molecule has 2 aliphatic rings. The van der Waals surface area contributed by atoms with Gasteiger partial charge in [-0.2, -0.15) is 0 Å². The van der Waals surface area contributed by atoms with E-state index in [1.54, 1.807) is 0 Å². The number of hydrogen-bond acceptors (Lipinski definition) is 4. The monoisotopic (exact) mass is 274 g/mol. The molecule has 5 heteroatoms. The molecule has 1 atom stereocenters. The SMILES string of the molecule is CCc1nc(N2CC[C@]3(CCCNC3=O)C2)ncc1C. The number of anilines is 1. The molecule has 20 heavy (non-hydrogen) atoms. The zero-order valence-corrected chi connectivity index (χ0v) is 12.3. The Morgan fingerprint density at radius 3 is 3.05 bits per heavy atom. The fraction of sp³-hybridized carbons (Fsp3) is 0.667. The summed E-state index contributed by atoms with van der Waals surface area (Å²) in [5.41, 5.74) is 2.03. The van der Waals surface area contributed by atoms with E-state index in [1.165, 1.54) is 0 Å². The van der Waals surface area contributed by atoms with Gasteiger partial charge < -0.3 is 10.2 Å². The third-order valence-electron chi connectivity index (χ3n) is 4.63. The van der Waals surface area contributed by atoms with Gasteiger partial charge in [0.15, 0.2) is 0 Å². The Bertz CT molecular complexity index is 531. The summed E-state index contributed by atoms with van der Waals surface area (Å²) in [6.45, 7) is 6.61. The lowest BCUT2D eigenvalue weighted by molar-refractivity contribution is -0.132. The third kappa shape index (κ3) is 2.15. The second kappa shape index (κ2) is 5.04. The first-order chi connectivity index (χ1) is 9.64. The van der Waals surface area contributed by atoms with E-state index < -0.39 is 0 Å². The zero-order valence-electron chi connectivity index (χ0n) is 12.3. The number of carbonyl (C=O) groups excluding carboxylic acids is 1. The molecule has 3 rings (SSSR count). The van der Waals surface area contributed by atoms with Crippen molar-refractivity contribution in [3.8, 4) is 0 Å². The van der Waals surface area contributed by atoms with Crippen LogP contribution in [-0.4, -0.2) is 35.5 Å². The molecular weight excluding hydrogens is 252 g/mol. The largest absolute Gasteiger partial charge is 0.356 e. The summed E-state index contributed by atoms with van der Waals surface area (Å²) in [6, 6.07) is 0. The van der Waals surface area contributed by atoms with Crippen molar-refractivity contribution in [2.24, 2.45) is 5.41 Å². The minimum Gasteiger partial charge on any atom is -0.356 e. The summed E-state index contributed by atoms with van der Waals surface area (Å²) >= 11 is 0. The highest BCUT2D eigenvalue weighted by molar-refractivity contribution is 5.84. The third-order valence-corrected chi connectivity index (χ3v) is 4.63. The van der Waals surface area contributed by atoms with Gasteiger partial charge in [0.05, 0.1) is 5.41 Å². The van der Waals surface area contributed by atoms with Crippen LogP contribution in [0.4, 0.5) is 5.95 Å². The van der Waals surface area contributed by atoms with Gasteiger partial charge in [0.25, 0.3) is 0 Å². The van der Waals surface area contributed by atoms with Gasteiger partial charge in [0.2, 0.25) is 11.9 Å². The molecule has 2 aliphatic heterocycles. The molecule has 0 aliphatic carbocycles. The average Bonchev–Trinajstić information content (AvgIpc) is 2.88. The molecule has 2 fully saturated rings. The number of nitrogens with one attached hydrogen (secondary N) is 1. The van der Waals surface area contributed by atoms with Crippen LogP contribution in [0, 0.1) is 12.3 Å². The van der Waals surface area contributed by atoms with E-state index in [1.807, 2.05) is 13.1 Å². The van der Waals surface area contributed by atoms with Crippen molar-refractivity contribution in [2.45, 2.75) is 39.5 Å². The Morgan fingerprint density at radius 2 is 2.30 bits per heavy atom. The quantitative estimate of drug-likeness (QED) is 0.887. The van der Waals surface area contributed by atoms with Crippen LogP contribution < -0.4 is 10.2 Å². The first-order valence-corrected chi connectivity index (χ1v) is 7.50. The predicted molar refractivity (Wildman–Crippen MR) is 77.7 cm³/mol. The van der Waals surface area contributed by atoms with Crippen LogP contribution in [0.5, 0.6) is 0 Å². The van der Waals surface area contributed by atoms with Crippen molar-refractivity contribution in [1.29, 1.82) is 0 Å². The van der Waals surface area contributed by atoms with E-state index in [2.05, 4.69) is 27.1 Å². The normalized spacial score (nSPS) is 26.1. The summed E-state index contributed by atoms with van der Waals surface area (Å²) in [5, 5.41) is 3.01. The van der Waals surface area contributed by atoms with Crippen LogP contribution in [-0.2, 0) is 11.2 Å². The van der Waals surface area contributed by atoms with Gasteiger partial charge in [-0.1, -0.05) is 6.92 Å². The lowest BCUT2D eigenvalue weighted by atomic mass is 9.79. The van der Waals surface area contributed by atoms with Crippen molar-refractivity contribution in [3.05, 3.63) is 17.5 Å². The van der Waals surface area contributed by atoms with Crippen LogP contribution in [0.3, 0.4) is 0 Å². The molecule has 1 aromatic rings. The van der Waals surface area contributed by atoms with Crippen molar-refractivity contribution in [1.82, 2.24) is 15.3 Å². The number of aromatic nitrogens is 2. The molecule has 1 N–H and O–H groups in total. The summed E-state index contributed by atoms with van der Waals surface area (Å²) in [6.07, 6.45) is 5.79. The molecule has 2 saturated heterocycles. The van der Waals surface area contributed by atoms with Gasteiger partial charge in [-0.25, -0.2) is 9.97 Å². The number of piperidine rings is 1. The van der Waals surface area contributed by atoms with Crippen LogP contribution >= 0.6 is 0 Å². The Hall–Kier alpha value is -1.65. The molecule has 3 heterocycles. The van der Waals surface area contributed by atoms with Crippen LogP contribution in [0.2, 0.25) is 0 Å². The van der Waals surface area contributed by atoms with Gasteiger partial charge in [-0.3, -0.25) is 4.79 Å². The second-order valence-electron chi connectivity index (χ2n) is 5.96. The molecule has 0 bridgehead atoms. The van der Waals surface area contributed by atoms with E-state index in [4.69, 9.17) is 0 Å². The van der Waals surface area contributed by atoms with Gasteiger partial charge in [-0.05, 0) is 38.2 Å². The Kier molecular flexibility index (Phi) is 3.36. The van der Waals surface area contributed by atoms with Crippen molar-refractivity contribution < 1.29 is 4.79 Å². The number of amides is 1. The second-order valence-corrected chi connectivity index (χ2v) is 5.96. The first-order valence-electron chi connectivity index (χ1n) is 7.50. The number of rotatable bonds is 2. The first kappa shape index (κ1) is 13.3. The standard InChI is InChI=1S/C15H22N4O/c1-3-12-11(2)9-17-14(18-12)19-8-6-15(10-19)5-4-7-16-13(15)20/h9H,3-8,10H2,1-2H3,(H,16,20)/t15-/m1/s1. The van der Waals surface area contributed by atoms with Crippen molar-refractivity contribution in [2.75, 3.05) is 24.5 Å². The molecule has 108 valence electrons. The fourth-order valence-corrected chi connectivity index (χ4v) is 3.34. The lowest BCUT2D eigenvalue weighted by Crippen LogP contribution is -2.47. The Morgan fingerprint density at radius 1 is 1.45 bits per heavy atom. The maximum absolute atomic E-state index is 12.2. The minimum atomic E-state index is -0.209. The highest BCUT2D eigenvalue weighted by Crippen LogP contribution is 2.38. The number of aryl methyl sites for hydroxylation is 2. The topological polar surface area (TPSA) is 58.1 Å². The predicted octanol–water partition coefficient (Wildman–Crippen LogP) is 1.45. The number of hydrogen-bond donors (Lipinski definition) is 1. The van der Waals surface area contributed by atoms with E-state index in [0.717, 1.165) is 62.5 Å². The van der Waals surface area contributed by atoms with Gasteiger partial charge >= 0.3 is 0 Å². The molecule has 0 saturated carbocycles. The average molecular weight is 274 g/mol. The molecule has 1 aromatic heterocycles. The Balaban J connectivity index is 1.81. The smallest absolute Gasteiger partial charge is 0.228 e. The molecule has 1 spiro atoms.